The summed E-state index contributed by atoms with van der Waals surface area (Å²) in [6.45, 7) is 2.58. The summed E-state index contributed by atoms with van der Waals surface area (Å²) in [5.41, 5.74) is 7.24. The van der Waals surface area contributed by atoms with Gasteiger partial charge in [-0.1, -0.05) is 24.2 Å². The molecule has 0 fully saturated rings. The third-order valence-electron chi connectivity index (χ3n) is 2.91. The lowest BCUT2D eigenvalue weighted by Crippen LogP contribution is -2.31. The molecule has 1 heterocycles. The Labute approximate surface area is 117 Å². The molecule has 0 unspecified atom stereocenters. The SMILES string of the molecule is CCc1noc(-c2ccc(CCNC(=O)CN)cc2)n1. The number of aryl methyl sites for hydroxylation is 1. The summed E-state index contributed by atoms with van der Waals surface area (Å²) in [6, 6.07) is 7.85. The fraction of sp³-hybridized carbons (Fsp3) is 0.357. The Morgan fingerprint density at radius 2 is 2.10 bits per heavy atom. The van der Waals surface area contributed by atoms with Gasteiger partial charge in [0.1, 0.15) is 0 Å². The highest BCUT2D eigenvalue weighted by Crippen LogP contribution is 2.18. The third kappa shape index (κ3) is 3.64. The molecule has 20 heavy (non-hydrogen) atoms. The number of carbonyl (C=O) groups excluding carboxylic acids is 1. The second kappa shape index (κ2) is 6.81. The van der Waals surface area contributed by atoms with E-state index in [9.17, 15) is 4.79 Å². The van der Waals surface area contributed by atoms with E-state index in [1.165, 1.54) is 0 Å². The van der Waals surface area contributed by atoms with Gasteiger partial charge >= 0.3 is 0 Å². The molecule has 0 saturated carbocycles. The van der Waals surface area contributed by atoms with Crippen LogP contribution in [0.25, 0.3) is 11.5 Å². The molecule has 0 radical (unpaired) electrons. The summed E-state index contributed by atoms with van der Waals surface area (Å²) in [7, 11) is 0. The van der Waals surface area contributed by atoms with Gasteiger partial charge in [-0.2, -0.15) is 4.98 Å². The van der Waals surface area contributed by atoms with Crippen LogP contribution in [0.15, 0.2) is 28.8 Å². The van der Waals surface area contributed by atoms with Crippen molar-refractivity contribution in [3.63, 3.8) is 0 Å². The van der Waals surface area contributed by atoms with E-state index in [0.29, 0.717) is 18.3 Å². The van der Waals surface area contributed by atoms with E-state index in [-0.39, 0.29) is 12.5 Å². The minimum Gasteiger partial charge on any atom is -0.355 e. The summed E-state index contributed by atoms with van der Waals surface area (Å²) < 4.78 is 5.18. The Morgan fingerprint density at radius 1 is 1.35 bits per heavy atom. The molecule has 0 bridgehead atoms. The highest BCUT2D eigenvalue weighted by atomic mass is 16.5. The van der Waals surface area contributed by atoms with E-state index >= 15 is 0 Å². The van der Waals surface area contributed by atoms with Crippen molar-refractivity contribution in [3.8, 4) is 11.5 Å². The maximum Gasteiger partial charge on any atom is 0.257 e. The first kappa shape index (κ1) is 14.2. The van der Waals surface area contributed by atoms with Crippen molar-refractivity contribution in [2.75, 3.05) is 13.1 Å². The molecule has 6 heteroatoms. The van der Waals surface area contributed by atoms with Crippen molar-refractivity contribution >= 4 is 5.91 Å². The smallest absolute Gasteiger partial charge is 0.257 e. The topological polar surface area (TPSA) is 94.0 Å². The molecule has 1 aromatic carbocycles. The number of nitrogens with zero attached hydrogens (tertiary/aromatic N) is 2. The zero-order chi connectivity index (χ0) is 14.4. The number of rotatable bonds is 6. The van der Waals surface area contributed by atoms with Crippen molar-refractivity contribution in [1.82, 2.24) is 15.5 Å². The zero-order valence-electron chi connectivity index (χ0n) is 11.4. The van der Waals surface area contributed by atoms with Crippen molar-refractivity contribution in [2.24, 2.45) is 5.73 Å². The molecule has 2 aromatic rings. The number of nitrogens with two attached hydrogens (primary N) is 1. The highest BCUT2D eigenvalue weighted by Gasteiger charge is 2.07. The van der Waals surface area contributed by atoms with E-state index in [4.69, 9.17) is 10.3 Å². The minimum atomic E-state index is -0.139. The normalized spacial score (nSPS) is 10.5. The second-order valence-electron chi connectivity index (χ2n) is 4.37. The first-order chi connectivity index (χ1) is 9.72. The van der Waals surface area contributed by atoms with Crippen molar-refractivity contribution in [1.29, 1.82) is 0 Å². The average Bonchev–Trinajstić information content (AvgIpc) is 2.96. The lowest BCUT2D eigenvalue weighted by atomic mass is 10.1. The van der Waals surface area contributed by atoms with Gasteiger partial charge in [0.05, 0.1) is 6.54 Å². The fourth-order valence-corrected chi connectivity index (χ4v) is 1.75. The van der Waals surface area contributed by atoms with Gasteiger partial charge in [-0.3, -0.25) is 4.79 Å². The van der Waals surface area contributed by atoms with Gasteiger partial charge < -0.3 is 15.6 Å². The lowest BCUT2D eigenvalue weighted by molar-refractivity contribution is -0.119. The fourth-order valence-electron chi connectivity index (χ4n) is 1.75. The Kier molecular flexibility index (Phi) is 4.84. The van der Waals surface area contributed by atoms with E-state index in [1.807, 2.05) is 31.2 Å². The summed E-state index contributed by atoms with van der Waals surface area (Å²) >= 11 is 0. The Hall–Kier alpha value is -2.21. The molecule has 1 amide bonds. The molecular weight excluding hydrogens is 256 g/mol. The van der Waals surface area contributed by atoms with Crippen LogP contribution in [0.5, 0.6) is 0 Å². The molecule has 0 aliphatic carbocycles. The maximum absolute atomic E-state index is 11.0. The third-order valence-corrected chi connectivity index (χ3v) is 2.91. The molecule has 0 aliphatic rings. The van der Waals surface area contributed by atoms with Gasteiger partial charge in [0.15, 0.2) is 5.82 Å². The number of benzene rings is 1. The predicted octanol–water partition coefficient (Wildman–Crippen LogP) is 0.916. The van der Waals surface area contributed by atoms with Crippen LogP contribution in [0.2, 0.25) is 0 Å². The quantitative estimate of drug-likeness (QED) is 0.816. The molecule has 0 spiro atoms. The first-order valence-electron chi connectivity index (χ1n) is 6.61. The van der Waals surface area contributed by atoms with Crippen molar-refractivity contribution in [2.45, 2.75) is 19.8 Å². The second-order valence-corrected chi connectivity index (χ2v) is 4.37. The highest BCUT2D eigenvalue weighted by molar-refractivity contribution is 5.77. The van der Waals surface area contributed by atoms with Gasteiger partial charge in [-0.05, 0) is 24.1 Å². The Balaban J connectivity index is 1.94. The molecule has 1 aromatic heterocycles. The maximum atomic E-state index is 11.0. The first-order valence-corrected chi connectivity index (χ1v) is 6.61. The molecule has 3 N–H and O–H groups in total. The summed E-state index contributed by atoms with van der Waals surface area (Å²) in [4.78, 5) is 15.3. The molecule has 0 aliphatic heterocycles. The standard InChI is InChI=1S/C14H18N4O2/c1-2-12-17-14(20-18-12)11-5-3-10(4-6-11)7-8-16-13(19)9-15/h3-6H,2,7-9,15H2,1H3,(H,16,19). The van der Waals surface area contributed by atoms with E-state index in [2.05, 4.69) is 15.5 Å². The Bertz CT molecular complexity index is 563. The number of amides is 1. The number of aromatic nitrogens is 2. The zero-order valence-corrected chi connectivity index (χ0v) is 11.4. The summed E-state index contributed by atoms with van der Waals surface area (Å²) in [6.07, 6.45) is 1.51. The van der Waals surface area contributed by atoms with Gasteiger partial charge in [-0.15, -0.1) is 0 Å². The van der Waals surface area contributed by atoms with E-state index in [1.54, 1.807) is 0 Å². The van der Waals surface area contributed by atoms with Crippen LogP contribution in [-0.2, 0) is 17.6 Å². The molecular formula is C14H18N4O2. The van der Waals surface area contributed by atoms with Crippen LogP contribution in [0.3, 0.4) is 0 Å². The van der Waals surface area contributed by atoms with Gasteiger partial charge in [0, 0.05) is 18.5 Å². The van der Waals surface area contributed by atoms with E-state index in [0.717, 1.165) is 24.0 Å². The van der Waals surface area contributed by atoms with E-state index < -0.39 is 0 Å². The van der Waals surface area contributed by atoms with Crippen molar-refractivity contribution in [3.05, 3.63) is 35.7 Å². The molecule has 2 rings (SSSR count). The molecule has 0 saturated heterocycles. The number of nitrogens with one attached hydrogen (secondary N) is 1. The monoisotopic (exact) mass is 274 g/mol. The van der Waals surface area contributed by atoms with Crippen LogP contribution >= 0.6 is 0 Å². The Morgan fingerprint density at radius 3 is 2.70 bits per heavy atom. The van der Waals surface area contributed by atoms with Crippen LogP contribution < -0.4 is 11.1 Å². The van der Waals surface area contributed by atoms with Gasteiger partial charge in [-0.25, -0.2) is 0 Å². The predicted molar refractivity (Wildman–Crippen MR) is 74.9 cm³/mol. The minimum absolute atomic E-state index is 0.0237. The number of hydrogen-bond donors (Lipinski definition) is 2. The summed E-state index contributed by atoms with van der Waals surface area (Å²) in [5.74, 6) is 1.10. The lowest BCUT2D eigenvalue weighted by Gasteiger charge is -2.04. The van der Waals surface area contributed by atoms with Crippen LogP contribution in [0.1, 0.15) is 18.3 Å². The number of carbonyl (C=O) groups is 1. The van der Waals surface area contributed by atoms with Gasteiger partial charge in [0.2, 0.25) is 5.91 Å². The molecule has 0 atom stereocenters. The molecule has 6 nitrogen and oxygen atoms in total. The van der Waals surface area contributed by atoms with Crippen molar-refractivity contribution < 1.29 is 9.32 Å². The van der Waals surface area contributed by atoms with Crippen LogP contribution in [0.4, 0.5) is 0 Å². The molecule has 106 valence electrons. The van der Waals surface area contributed by atoms with Crippen LogP contribution in [-0.4, -0.2) is 29.1 Å². The number of hydrogen-bond acceptors (Lipinski definition) is 5. The average molecular weight is 274 g/mol. The largest absolute Gasteiger partial charge is 0.355 e. The van der Waals surface area contributed by atoms with Gasteiger partial charge in [0.25, 0.3) is 5.89 Å². The van der Waals surface area contributed by atoms with Crippen LogP contribution in [0, 0.1) is 0 Å². The summed E-state index contributed by atoms with van der Waals surface area (Å²) in [5, 5.41) is 6.60.